The van der Waals surface area contributed by atoms with E-state index < -0.39 is 6.04 Å². The average Bonchev–Trinajstić information content (AvgIpc) is 3.56. The van der Waals surface area contributed by atoms with Gasteiger partial charge in [0.2, 0.25) is 17.6 Å². The number of hydrogen-bond donors (Lipinski definition) is 3. The van der Waals surface area contributed by atoms with Gasteiger partial charge in [0.25, 0.3) is 0 Å². The first-order valence-electron chi connectivity index (χ1n) is 12.5. The molecule has 0 radical (unpaired) electrons. The molecule has 1 saturated heterocycles. The number of nitrogens with one attached hydrogen (secondary N) is 2. The van der Waals surface area contributed by atoms with Gasteiger partial charge in [0.15, 0.2) is 0 Å². The zero-order valence-corrected chi connectivity index (χ0v) is 21.3. The summed E-state index contributed by atoms with van der Waals surface area (Å²) in [6.07, 6.45) is 6.89. The highest BCUT2D eigenvalue weighted by Crippen LogP contribution is 2.36. The van der Waals surface area contributed by atoms with Crippen molar-refractivity contribution in [3.05, 3.63) is 45.9 Å². The van der Waals surface area contributed by atoms with Crippen LogP contribution in [0.25, 0.3) is 0 Å². The monoisotopic (exact) mass is 497 g/mol. The molecular formula is C26H35N5O3S. The molecule has 9 heteroatoms. The third-order valence-corrected chi connectivity index (χ3v) is 8.18. The summed E-state index contributed by atoms with van der Waals surface area (Å²) < 4.78 is 0. The van der Waals surface area contributed by atoms with Crippen LogP contribution in [0, 0.1) is 5.92 Å². The smallest absolute Gasteiger partial charge is 0.246 e. The lowest BCUT2D eigenvalue weighted by Gasteiger charge is -2.35. The Bertz CT molecular complexity index is 1060. The van der Waals surface area contributed by atoms with Gasteiger partial charge < -0.3 is 21.3 Å². The molecule has 0 unspecified atom stereocenters. The summed E-state index contributed by atoms with van der Waals surface area (Å²) in [7, 11) is 1.74. The fourth-order valence-electron chi connectivity index (χ4n) is 5.10. The second-order valence-electron chi connectivity index (χ2n) is 9.61. The normalized spacial score (nSPS) is 20.4. The minimum Gasteiger partial charge on any atom is -0.399 e. The molecule has 2 amide bonds. The highest BCUT2D eigenvalue weighted by molar-refractivity contribution is 7.10. The quantitative estimate of drug-likeness (QED) is 0.381. The van der Waals surface area contributed by atoms with Crippen molar-refractivity contribution in [2.75, 3.05) is 19.3 Å². The third-order valence-electron chi connectivity index (χ3n) is 7.24. The van der Waals surface area contributed by atoms with Crippen LogP contribution in [0.5, 0.6) is 0 Å². The van der Waals surface area contributed by atoms with Gasteiger partial charge in [-0.15, -0.1) is 11.3 Å². The Hall–Kier alpha value is -2.78. The molecule has 1 aliphatic carbocycles. The van der Waals surface area contributed by atoms with E-state index in [1.807, 2.05) is 4.90 Å². The van der Waals surface area contributed by atoms with E-state index in [1.54, 1.807) is 43.6 Å². The molecule has 4 N–H and O–H groups in total. The van der Waals surface area contributed by atoms with Crippen molar-refractivity contribution in [1.29, 1.82) is 0 Å². The minimum absolute atomic E-state index is 0.0324. The lowest BCUT2D eigenvalue weighted by molar-refractivity contribution is -0.139. The van der Waals surface area contributed by atoms with Crippen molar-refractivity contribution in [3.63, 3.8) is 0 Å². The van der Waals surface area contributed by atoms with Gasteiger partial charge in [-0.3, -0.25) is 14.4 Å². The summed E-state index contributed by atoms with van der Waals surface area (Å²) in [6.45, 7) is 2.42. The molecule has 4 rings (SSSR count). The van der Waals surface area contributed by atoms with Crippen LogP contribution in [0.2, 0.25) is 0 Å². The number of anilines is 1. The Balaban J connectivity index is 1.53. The van der Waals surface area contributed by atoms with E-state index in [0.717, 1.165) is 43.5 Å². The molecule has 188 valence electrons. The van der Waals surface area contributed by atoms with E-state index in [4.69, 9.17) is 5.73 Å². The number of thiazole rings is 1. The predicted molar refractivity (Wildman–Crippen MR) is 137 cm³/mol. The Morgan fingerprint density at radius 1 is 1.14 bits per heavy atom. The summed E-state index contributed by atoms with van der Waals surface area (Å²) in [5, 5.41) is 8.55. The number of nitrogens with zero attached hydrogens (tertiary/aromatic N) is 2. The van der Waals surface area contributed by atoms with E-state index in [-0.39, 0.29) is 35.6 Å². The molecule has 1 aliphatic heterocycles. The Morgan fingerprint density at radius 2 is 1.91 bits per heavy atom. The second kappa shape index (κ2) is 11.3. The van der Waals surface area contributed by atoms with Crippen LogP contribution in [0.1, 0.15) is 79.0 Å². The zero-order valence-electron chi connectivity index (χ0n) is 20.5. The molecule has 3 atom stereocenters. The fourth-order valence-corrected chi connectivity index (χ4v) is 6.04. The van der Waals surface area contributed by atoms with Crippen molar-refractivity contribution in [3.8, 4) is 0 Å². The van der Waals surface area contributed by atoms with Crippen LogP contribution in [0.4, 0.5) is 5.69 Å². The SMILES string of the molecule is CN[C@@H](C)C(=O)N[C@H](C(=O)N1CCC[C@H]1c1nc(C(=O)c2cccc(N)c2)cs1)C1CCCCC1. The van der Waals surface area contributed by atoms with Crippen molar-refractivity contribution < 1.29 is 14.4 Å². The maximum absolute atomic E-state index is 13.9. The number of carbonyl (C=O) groups is 3. The van der Waals surface area contributed by atoms with E-state index >= 15 is 0 Å². The lowest BCUT2D eigenvalue weighted by Crippen LogP contribution is -2.55. The predicted octanol–water partition coefficient (Wildman–Crippen LogP) is 3.29. The fraction of sp³-hybridized carbons (Fsp3) is 0.538. The van der Waals surface area contributed by atoms with E-state index in [1.165, 1.54) is 17.8 Å². The number of aromatic nitrogens is 1. The number of carbonyl (C=O) groups excluding carboxylic acids is 3. The number of nitrogen functional groups attached to an aromatic ring is 1. The number of amides is 2. The van der Waals surface area contributed by atoms with Crippen molar-refractivity contribution >= 4 is 34.6 Å². The number of nitrogens with two attached hydrogens (primary N) is 1. The van der Waals surface area contributed by atoms with Gasteiger partial charge in [0.05, 0.1) is 12.1 Å². The summed E-state index contributed by atoms with van der Waals surface area (Å²) >= 11 is 1.41. The van der Waals surface area contributed by atoms with E-state index in [2.05, 4.69) is 15.6 Å². The number of benzene rings is 1. The molecule has 8 nitrogen and oxygen atoms in total. The number of likely N-dealkylation sites (N-methyl/N-ethyl adjacent to an activating group) is 1. The summed E-state index contributed by atoms with van der Waals surface area (Å²) in [6, 6.07) is 5.78. The molecule has 2 heterocycles. The van der Waals surface area contributed by atoms with Gasteiger partial charge in [-0.2, -0.15) is 0 Å². The van der Waals surface area contributed by atoms with Gasteiger partial charge in [-0.1, -0.05) is 31.4 Å². The van der Waals surface area contributed by atoms with Crippen molar-refractivity contribution in [2.45, 2.75) is 70.0 Å². The number of likely N-dealkylation sites (tertiary alicyclic amines) is 1. The summed E-state index contributed by atoms with van der Waals surface area (Å²) in [5.41, 5.74) is 7.23. The van der Waals surface area contributed by atoms with Crippen LogP contribution < -0.4 is 16.4 Å². The topological polar surface area (TPSA) is 117 Å². The molecule has 2 aromatic rings. The summed E-state index contributed by atoms with van der Waals surface area (Å²) in [4.78, 5) is 46.0. The lowest BCUT2D eigenvalue weighted by atomic mass is 9.83. The summed E-state index contributed by atoms with van der Waals surface area (Å²) in [5.74, 6) is -0.224. The molecule has 0 spiro atoms. The largest absolute Gasteiger partial charge is 0.399 e. The van der Waals surface area contributed by atoms with Gasteiger partial charge in [-0.05, 0) is 57.7 Å². The average molecular weight is 498 g/mol. The number of ketones is 1. The first-order chi connectivity index (χ1) is 16.9. The van der Waals surface area contributed by atoms with Gasteiger partial charge >= 0.3 is 0 Å². The zero-order chi connectivity index (χ0) is 24.9. The maximum atomic E-state index is 13.9. The van der Waals surface area contributed by atoms with Crippen LogP contribution in [-0.2, 0) is 9.59 Å². The first-order valence-corrected chi connectivity index (χ1v) is 13.4. The molecule has 1 aromatic heterocycles. The molecular weight excluding hydrogens is 462 g/mol. The van der Waals surface area contributed by atoms with Gasteiger partial charge in [0.1, 0.15) is 16.7 Å². The van der Waals surface area contributed by atoms with Gasteiger partial charge in [-0.25, -0.2) is 4.98 Å². The Kier molecular flexibility index (Phi) is 8.18. The molecule has 2 aliphatic rings. The Morgan fingerprint density at radius 3 is 2.63 bits per heavy atom. The molecule has 1 aromatic carbocycles. The molecule has 1 saturated carbocycles. The second-order valence-corrected chi connectivity index (χ2v) is 10.5. The molecule has 35 heavy (non-hydrogen) atoms. The van der Waals surface area contributed by atoms with Crippen molar-refractivity contribution in [1.82, 2.24) is 20.5 Å². The van der Waals surface area contributed by atoms with Crippen LogP contribution in [0.3, 0.4) is 0 Å². The van der Waals surface area contributed by atoms with E-state index in [0.29, 0.717) is 23.5 Å². The van der Waals surface area contributed by atoms with Crippen LogP contribution in [0.15, 0.2) is 29.6 Å². The highest BCUT2D eigenvalue weighted by atomic mass is 32.1. The minimum atomic E-state index is -0.535. The number of hydrogen-bond acceptors (Lipinski definition) is 7. The third kappa shape index (κ3) is 5.73. The number of rotatable bonds is 8. The van der Waals surface area contributed by atoms with Crippen molar-refractivity contribution in [2.24, 2.45) is 5.92 Å². The van der Waals surface area contributed by atoms with Crippen LogP contribution in [-0.4, -0.2) is 53.2 Å². The Labute approximate surface area is 210 Å². The van der Waals surface area contributed by atoms with Crippen LogP contribution >= 0.6 is 11.3 Å². The molecule has 2 fully saturated rings. The first kappa shape index (κ1) is 25.3. The van der Waals surface area contributed by atoms with Gasteiger partial charge in [0, 0.05) is 23.2 Å². The highest BCUT2D eigenvalue weighted by Gasteiger charge is 2.40. The standard InChI is InChI=1S/C26H35N5O3S/c1-16(28-2)24(33)30-22(17-8-4-3-5-9-17)26(34)31-13-7-12-21(31)25-29-20(15-35-25)23(32)18-10-6-11-19(27)14-18/h6,10-11,14-17,21-22,28H,3-5,7-9,12-13,27H2,1-2H3,(H,30,33)/t16-,21-,22-/m0/s1. The molecule has 0 bridgehead atoms. The maximum Gasteiger partial charge on any atom is 0.246 e. The van der Waals surface area contributed by atoms with E-state index in [9.17, 15) is 14.4 Å².